The van der Waals surface area contributed by atoms with Crippen molar-refractivity contribution in [2.75, 3.05) is 13.7 Å². The molecule has 1 saturated heterocycles. The van der Waals surface area contributed by atoms with E-state index in [1.165, 1.54) is 11.6 Å². The molecule has 0 radical (unpaired) electrons. The number of amides is 1. The van der Waals surface area contributed by atoms with E-state index in [1.54, 1.807) is 25.0 Å². The Morgan fingerprint density at radius 2 is 1.83 bits per heavy atom. The van der Waals surface area contributed by atoms with E-state index in [0.717, 1.165) is 24.2 Å². The van der Waals surface area contributed by atoms with Gasteiger partial charge in [-0.1, -0.05) is 48.5 Å². The molecule has 4 rings (SSSR count). The molecule has 0 bridgehead atoms. The average Bonchev–Trinajstić information content (AvgIpc) is 3.36. The van der Waals surface area contributed by atoms with E-state index in [4.69, 9.17) is 9.47 Å². The molecule has 2 aromatic carbocycles. The predicted molar refractivity (Wildman–Crippen MR) is 133 cm³/mol. The van der Waals surface area contributed by atoms with Crippen molar-refractivity contribution < 1.29 is 23.9 Å². The van der Waals surface area contributed by atoms with Crippen molar-refractivity contribution in [2.45, 2.75) is 51.6 Å². The number of benzene rings is 2. The monoisotopic (exact) mass is 475 g/mol. The minimum Gasteiger partial charge on any atom is -0.497 e. The number of rotatable bonds is 9. The van der Waals surface area contributed by atoms with E-state index in [-0.39, 0.29) is 30.3 Å². The summed E-state index contributed by atoms with van der Waals surface area (Å²) in [7, 11) is 1.61. The first-order valence-corrected chi connectivity index (χ1v) is 12.4. The maximum atomic E-state index is 14.0. The van der Waals surface area contributed by atoms with E-state index in [0.29, 0.717) is 25.8 Å². The summed E-state index contributed by atoms with van der Waals surface area (Å²) < 4.78 is 10.4. The number of carbonyl (C=O) groups is 3. The van der Waals surface area contributed by atoms with Gasteiger partial charge in [-0.25, -0.2) is 4.79 Å². The molecular weight excluding hydrogens is 442 g/mol. The zero-order valence-electron chi connectivity index (χ0n) is 20.4. The third-order valence-electron chi connectivity index (χ3n) is 7.34. The first-order valence-electron chi connectivity index (χ1n) is 12.4. The molecule has 0 aromatic heterocycles. The van der Waals surface area contributed by atoms with Crippen LogP contribution in [0, 0.1) is 11.3 Å². The maximum absolute atomic E-state index is 14.0. The van der Waals surface area contributed by atoms with E-state index in [1.807, 2.05) is 42.5 Å². The summed E-state index contributed by atoms with van der Waals surface area (Å²) >= 11 is 0. The Kier molecular flexibility index (Phi) is 7.69. The van der Waals surface area contributed by atoms with Gasteiger partial charge in [0, 0.05) is 25.0 Å². The Balaban J connectivity index is 1.70. The van der Waals surface area contributed by atoms with Crippen molar-refractivity contribution in [3.63, 3.8) is 0 Å². The zero-order valence-corrected chi connectivity index (χ0v) is 20.4. The van der Waals surface area contributed by atoms with E-state index < -0.39 is 11.4 Å². The van der Waals surface area contributed by atoms with E-state index in [2.05, 4.69) is 12.1 Å². The molecule has 1 amide bonds. The number of nitrogens with zero attached hydrogens (tertiary/aromatic N) is 1. The normalized spacial score (nSPS) is 24.0. The van der Waals surface area contributed by atoms with E-state index >= 15 is 0 Å². The number of ketones is 1. The number of likely N-dealkylation sites (tertiary alicyclic amines) is 1. The number of aryl methyl sites for hydroxylation is 1. The molecule has 1 heterocycles. The van der Waals surface area contributed by atoms with Gasteiger partial charge in [-0.2, -0.15) is 0 Å². The second-order valence-corrected chi connectivity index (χ2v) is 9.26. The van der Waals surface area contributed by atoms with Crippen LogP contribution in [-0.4, -0.2) is 42.3 Å². The fourth-order valence-electron chi connectivity index (χ4n) is 5.66. The Morgan fingerprint density at radius 1 is 1.09 bits per heavy atom. The lowest BCUT2D eigenvalue weighted by atomic mass is 9.70. The Hall–Kier alpha value is -3.41. The van der Waals surface area contributed by atoms with Gasteiger partial charge in [0.25, 0.3) is 0 Å². The molecule has 2 fully saturated rings. The van der Waals surface area contributed by atoms with Gasteiger partial charge in [-0.3, -0.25) is 9.59 Å². The summed E-state index contributed by atoms with van der Waals surface area (Å²) in [4.78, 5) is 41.3. The molecule has 2 aromatic rings. The number of esters is 1. The molecule has 6 heteroatoms. The van der Waals surface area contributed by atoms with Crippen LogP contribution in [0.2, 0.25) is 0 Å². The molecule has 1 aliphatic heterocycles. The summed E-state index contributed by atoms with van der Waals surface area (Å²) in [6.07, 6.45) is 6.33. The fraction of sp³-hybridized carbons (Fsp3) is 0.414. The van der Waals surface area contributed by atoms with Crippen molar-refractivity contribution >= 4 is 17.7 Å². The average molecular weight is 476 g/mol. The van der Waals surface area contributed by atoms with Gasteiger partial charge in [0.1, 0.15) is 16.9 Å². The molecule has 1 saturated carbocycles. The lowest BCUT2D eigenvalue weighted by Crippen LogP contribution is -2.40. The van der Waals surface area contributed by atoms with Crippen LogP contribution in [0.25, 0.3) is 0 Å². The van der Waals surface area contributed by atoms with Crippen LogP contribution >= 0.6 is 0 Å². The van der Waals surface area contributed by atoms with Crippen LogP contribution in [0.15, 0.2) is 66.7 Å². The molecule has 0 unspecified atom stereocenters. The van der Waals surface area contributed by atoms with Gasteiger partial charge < -0.3 is 14.4 Å². The Bertz CT molecular complexity index is 1080. The van der Waals surface area contributed by atoms with Gasteiger partial charge in [-0.05, 0) is 55.9 Å². The highest BCUT2D eigenvalue weighted by molar-refractivity contribution is 6.09. The molecule has 35 heavy (non-hydrogen) atoms. The fourth-order valence-corrected chi connectivity index (χ4v) is 5.66. The number of methoxy groups -OCH3 is 1. The van der Waals surface area contributed by atoms with Crippen molar-refractivity contribution in [3.05, 3.63) is 77.9 Å². The SMILES string of the molecule is CCOC(=O)/C=C/[C@@H]1[C@@H](CCc2ccccc2)[C@@]2(CCCC2=O)C(=O)N1Cc1ccc(OC)cc1. The number of ether oxygens (including phenoxy) is 2. The van der Waals surface area contributed by atoms with Gasteiger partial charge in [0.15, 0.2) is 0 Å². The Morgan fingerprint density at radius 3 is 2.46 bits per heavy atom. The molecule has 1 spiro atoms. The largest absolute Gasteiger partial charge is 0.497 e. The van der Waals surface area contributed by atoms with Crippen molar-refractivity contribution in [3.8, 4) is 5.75 Å². The van der Waals surface area contributed by atoms with Crippen LogP contribution in [0.5, 0.6) is 5.75 Å². The van der Waals surface area contributed by atoms with Crippen molar-refractivity contribution in [2.24, 2.45) is 11.3 Å². The van der Waals surface area contributed by atoms with Crippen LogP contribution in [0.1, 0.15) is 43.7 Å². The van der Waals surface area contributed by atoms with Gasteiger partial charge in [0.05, 0.1) is 19.8 Å². The second kappa shape index (κ2) is 10.9. The number of carbonyl (C=O) groups excluding carboxylic acids is 3. The van der Waals surface area contributed by atoms with Crippen molar-refractivity contribution in [1.29, 1.82) is 0 Å². The van der Waals surface area contributed by atoms with Crippen LogP contribution in [0.3, 0.4) is 0 Å². The number of Topliss-reactive ketones (excluding diaryl/α,β-unsaturated/α-hetero) is 1. The second-order valence-electron chi connectivity index (χ2n) is 9.26. The standard InChI is InChI=1S/C29H33NO5/c1-3-35-27(32)18-17-25-24(16-13-21-8-5-4-6-9-21)29(19-7-10-26(29)31)28(33)30(25)20-22-11-14-23(34-2)15-12-22/h4-6,8-9,11-12,14-15,17-18,24-25H,3,7,10,13,16,19-20H2,1-2H3/b18-17+/t24-,25-,29-/m1/s1. The van der Waals surface area contributed by atoms with Crippen LogP contribution in [-0.2, 0) is 32.1 Å². The topological polar surface area (TPSA) is 72.9 Å². The summed E-state index contributed by atoms with van der Waals surface area (Å²) in [5.74, 6) is 0.00198. The maximum Gasteiger partial charge on any atom is 0.330 e. The first-order chi connectivity index (χ1) is 17.0. The summed E-state index contributed by atoms with van der Waals surface area (Å²) in [6.45, 7) is 2.40. The predicted octanol–water partition coefficient (Wildman–Crippen LogP) is 4.51. The molecule has 6 nitrogen and oxygen atoms in total. The molecule has 184 valence electrons. The van der Waals surface area contributed by atoms with E-state index in [9.17, 15) is 14.4 Å². The van der Waals surface area contributed by atoms with Gasteiger partial charge in [-0.15, -0.1) is 0 Å². The highest BCUT2D eigenvalue weighted by Crippen LogP contribution is 2.53. The molecule has 3 atom stereocenters. The van der Waals surface area contributed by atoms with Gasteiger partial charge in [0.2, 0.25) is 5.91 Å². The summed E-state index contributed by atoms with van der Waals surface area (Å²) in [5, 5.41) is 0. The highest BCUT2D eigenvalue weighted by atomic mass is 16.5. The van der Waals surface area contributed by atoms with Gasteiger partial charge >= 0.3 is 5.97 Å². The lowest BCUT2D eigenvalue weighted by molar-refractivity contribution is -0.144. The third kappa shape index (κ3) is 5.02. The minimum absolute atomic E-state index is 0.0346. The quantitative estimate of drug-likeness (QED) is 0.303. The zero-order chi connectivity index (χ0) is 24.8. The minimum atomic E-state index is -1.02. The number of hydrogen-bond acceptors (Lipinski definition) is 5. The third-order valence-corrected chi connectivity index (χ3v) is 7.34. The summed E-state index contributed by atoms with van der Waals surface area (Å²) in [6, 6.07) is 17.3. The van der Waals surface area contributed by atoms with Crippen LogP contribution < -0.4 is 4.74 Å². The molecular formula is C29H33NO5. The summed E-state index contributed by atoms with van der Waals surface area (Å²) in [5.41, 5.74) is 1.09. The highest BCUT2D eigenvalue weighted by Gasteiger charge is 2.63. The Labute approximate surface area is 206 Å². The smallest absolute Gasteiger partial charge is 0.330 e. The molecule has 2 aliphatic rings. The molecule has 0 N–H and O–H groups in total. The van der Waals surface area contributed by atoms with Crippen LogP contribution in [0.4, 0.5) is 0 Å². The first kappa shape index (κ1) is 24.7. The van der Waals surface area contributed by atoms with Crippen molar-refractivity contribution in [1.82, 2.24) is 4.90 Å². The lowest BCUT2D eigenvalue weighted by Gasteiger charge is -2.28. The number of hydrogen-bond donors (Lipinski definition) is 0. The molecule has 1 aliphatic carbocycles.